The predicted octanol–water partition coefficient (Wildman–Crippen LogP) is 0.809. The first-order chi connectivity index (χ1) is 8.70. The van der Waals surface area contributed by atoms with Crippen LogP contribution in [0.15, 0.2) is 36.8 Å². The van der Waals surface area contributed by atoms with Crippen LogP contribution in [-0.4, -0.2) is 15.5 Å². The molecule has 1 aromatic heterocycles. The minimum atomic E-state index is -0.131. The van der Waals surface area contributed by atoms with Crippen molar-refractivity contribution in [3.05, 3.63) is 53.6 Å². The van der Waals surface area contributed by atoms with E-state index >= 15 is 0 Å². The minimum Gasteiger partial charge on any atom is -0.347 e. The quantitative estimate of drug-likeness (QED) is 0.836. The highest BCUT2D eigenvalue weighted by molar-refractivity contribution is 5.92. The molecule has 0 unspecified atom stereocenters. The predicted molar refractivity (Wildman–Crippen MR) is 68.7 cm³/mol. The van der Waals surface area contributed by atoms with E-state index in [1.807, 2.05) is 24.3 Å². The molecule has 0 aliphatic carbocycles. The van der Waals surface area contributed by atoms with E-state index in [2.05, 4.69) is 10.3 Å². The molecule has 0 saturated heterocycles. The van der Waals surface area contributed by atoms with Crippen molar-refractivity contribution in [1.82, 2.24) is 14.9 Å². The maximum atomic E-state index is 11.9. The zero-order valence-electron chi connectivity index (χ0n) is 10.3. The average molecular weight is 244 g/mol. The molecule has 3 N–H and O–H groups in total. The van der Waals surface area contributed by atoms with Crippen LogP contribution in [0.2, 0.25) is 0 Å². The second-order valence-electron chi connectivity index (χ2n) is 4.10. The summed E-state index contributed by atoms with van der Waals surface area (Å²) in [6.45, 7) is 0.987. The van der Waals surface area contributed by atoms with Gasteiger partial charge in [-0.15, -0.1) is 0 Å². The molecule has 5 nitrogen and oxygen atoms in total. The lowest BCUT2D eigenvalue weighted by atomic mass is 10.1. The van der Waals surface area contributed by atoms with E-state index in [0.29, 0.717) is 18.8 Å². The summed E-state index contributed by atoms with van der Waals surface area (Å²) in [4.78, 5) is 15.8. The smallest absolute Gasteiger partial charge is 0.269 e. The lowest BCUT2D eigenvalue weighted by molar-refractivity contribution is 0.0942. The van der Waals surface area contributed by atoms with Crippen LogP contribution >= 0.6 is 0 Å². The summed E-state index contributed by atoms with van der Waals surface area (Å²) in [7, 11) is 1.79. The van der Waals surface area contributed by atoms with Gasteiger partial charge >= 0.3 is 0 Å². The summed E-state index contributed by atoms with van der Waals surface area (Å²) in [6.07, 6.45) is 3.15. The number of carbonyl (C=O) groups is 1. The molecule has 0 saturated carbocycles. The third kappa shape index (κ3) is 2.75. The molecule has 2 rings (SSSR count). The van der Waals surface area contributed by atoms with Gasteiger partial charge in [0, 0.05) is 20.1 Å². The number of rotatable bonds is 4. The molecule has 1 amide bonds. The molecule has 5 heteroatoms. The molecule has 0 aliphatic rings. The molecule has 94 valence electrons. The fourth-order valence-electron chi connectivity index (χ4n) is 1.72. The van der Waals surface area contributed by atoms with Crippen LogP contribution < -0.4 is 11.1 Å². The first kappa shape index (κ1) is 12.3. The van der Waals surface area contributed by atoms with Crippen LogP contribution in [0.25, 0.3) is 0 Å². The number of amides is 1. The van der Waals surface area contributed by atoms with Crippen molar-refractivity contribution in [3.8, 4) is 0 Å². The number of nitrogens with one attached hydrogen (secondary N) is 1. The number of nitrogens with zero attached hydrogens (tertiary/aromatic N) is 2. The van der Waals surface area contributed by atoms with Crippen LogP contribution in [0.5, 0.6) is 0 Å². The molecule has 0 atom stereocenters. The highest BCUT2D eigenvalue weighted by Crippen LogP contribution is 2.05. The van der Waals surface area contributed by atoms with E-state index in [1.54, 1.807) is 24.1 Å². The van der Waals surface area contributed by atoms with E-state index in [0.717, 1.165) is 11.1 Å². The Balaban J connectivity index is 1.99. The van der Waals surface area contributed by atoms with Crippen LogP contribution in [-0.2, 0) is 20.1 Å². The molecule has 0 radical (unpaired) electrons. The van der Waals surface area contributed by atoms with E-state index in [4.69, 9.17) is 5.73 Å². The summed E-state index contributed by atoms with van der Waals surface area (Å²) in [6, 6.07) is 7.85. The summed E-state index contributed by atoms with van der Waals surface area (Å²) in [5.74, 6) is -0.131. The summed E-state index contributed by atoms with van der Waals surface area (Å²) in [5.41, 5.74) is 8.21. The Morgan fingerprint density at radius 2 is 2.22 bits per heavy atom. The Labute approximate surface area is 106 Å². The second kappa shape index (κ2) is 5.46. The third-order valence-corrected chi connectivity index (χ3v) is 2.73. The molecule has 2 aromatic rings. The van der Waals surface area contributed by atoms with Crippen LogP contribution in [0.4, 0.5) is 0 Å². The van der Waals surface area contributed by atoms with Crippen LogP contribution in [0.3, 0.4) is 0 Å². The van der Waals surface area contributed by atoms with Crippen molar-refractivity contribution in [3.63, 3.8) is 0 Å². The topological polar surface area (TPSA) is 72.9 Å². The molecule has 1 heterocycles. The number of aryl methyl sites for hydroxylation is 1. The summed E-state index contributed by atoms with van der Waals surface area (Å²) in [5, 5.41) is 2.85. The molecule has 0 spiro atoms. The van der Waals surface area contributed by atoms with Crippen LogP contribution in [0, 0.1) is 0 Å². The van der Waals surface area contributed by atoms with E-state index in [9.17, 15) is 4.79 Å². The van der Waals surface area contributed by atoms with Crippen molar-refractivity contribution in [2.45, 2.75) is 13.1 Å². The number of hydrogen-bond acceptors (Lipinski definition) is 3. The largest absolute Gasteiger partial charge is 0.347 e. The van der Waals surface area contributed by atoms with Gasteiger partial charge in [-0.3, -0.25) is 4.79 Å². The fourth-order valence-corrected chi connectivity index (χ4v) is 1.72. The van der Waals surface area contributed by atoms with Gasteiger partial charge in [-0.2, -0.15) is 0 Å². The highest BCUT2D eigenvalue weighted by atomic mass is 16.1. The third-order valence-electron chi connectivity index (χ3n) is 2.73. The Morgan fingerprint density at radius 3 is 2.89 bits per heavy atom. The van der Waals surface area contributed by atoms with Gasteiger partial charge in [0.15, 0.2) is 0 Å². The number of carbonyl (C=O) groups excluding carboxylic acids is 1. The van der Waals surface area contributed by atoms with Gasteiger partial charge in [-0.05, 0) is 11.1 Å². The van der Waals surface area contributed by atoms with Gasteiger partial charge in [-0.1, -0.05) is 24.3 Å². The average Bonchev–Trinajstić information content (AvgIpc) is 2.82. The minimum absolute atomic E-state index is 0.131. The van der Waals surface area contributed by atoms with Crippen molar-refractivity contribution in [2.75, 3.05) is 0 Å². The zero-order valence-corrected chi connectivity index (χ0v) is 10.3. The Morgan fingerprint density at radius 1 is 1.44 bits per heavy atom. The standard InChI is InChI=1S/C13H16N4O/c1-17-9-15-8-12(17)13(18)16-7-11-4-2-3-10(5-11)6-14/h2-5,8-9H,6-7,14H2,1H3,(H,16,18). The SMILES string of the molecule is Cn1cncc1C(=O)NCc1cccc(CN)c1. The zero-order chi connectivity index (χ0) is 13.0. The molecular weight excluding hydrogens is 228 g/mol. The Hall–Kier alpha value is -2.14. The van der Waals surface area contributed by atoms with Gasteiger partial charge in [0.05, 0.1) is 12.5 Å². The molecule has 1 aromatic carbocycles. The van der Waals surface area contributed by atoms with Gasteiger partial charge in [0.1, 0.15) is 5.69 Å². The maximum Gasteiger partial charge on any atom is 0.269 e. The van der Waals surface area contributed by atoms with Crippen LogP contribution in [0.1, 0.15) is 21.6 Å². The van der Waals surface area contributed by atoms with Crippen molar-refractivity contribution >= 4 is 5.91 Å². The van der Waals surface area contributed by atoms with Gasteiger partial charge in [-0.25, -0.2) is 4.98 Å². The Bertz CT molecular complexity index is 547. The highest BCUT2D eigenvalue weighted by Gasteiger charge is 2.08. The van der Waals surface area contributed by atoms with Gasteiger partial charge in [0.2, 0.25) is 0 Å². The van der Waals surface area contributed by atoms with Crippen molar-refractivity contribution in [1.29, 1.82) is 0 Å². The first-order valence-corrected chi connectivity index (χ1v) is 5.73. The van der Waals surface area contributed by atoms with Gasteiger partial charge < -0.3 is 15.6 Å². The molecule has 0 bridgehead atoms. The second-order valence-corrected chi connectivity index (χ2v) is 4.10. The normalized spacial score (nSPS) is 10.3. The van der Waals surface area contributed by atoms with Gasteiger partial charge in [0.25, 0.3) is 5.91 Å². The van der Waals surface area contributed by atoms with Crippen molar-refractivity contribution in [2.24, 2.45) is 12.8 Å². The van der Waals surface area contributed by atoms with E-state index in [-0.39, 0.29) is 5.91 Å². The summed E-state index contributed by atoms with van der Waals surface area (Å²) < 4.78 is 1.69. The maximum absolute atomic E-state index is 11.9. The molecule has 0 fully saturated rings. The molecule has 0 aliphatic heterocycles. The summed E-state index contributed by atoms with van der Waals surface area (Å²) >= 11 is 0. The van der Waals surface area contributed by atoms with E-state index in [1.165, 1.54) is 0 Å². The van der Waals surface area contributed by atoms with E-state index < -0.39 is 0 Å². The number of nitrogens with two attached hydrogens (primary N) is 1. The molecular formula is C13H16N4O. The number of hydrogen-bond donors (Lipinski definition) is 2. The fraction of sp³-hybridized carbons (Fsp3) is 0.231. The first-order valence-electron chi connectivity index (χ1n) is 5.73. The number of aromatic nitrogens is 2. The lowest BCUT2D eigenvalue weighted by Gasteiger charge is -2.06. The lowest BCUT2D eigenvalue weighted by Crippen LogP contribution is -2.24. The Kier molecular flexibility index (Phi) is 3.74. The van der Waals surface area contributed by atoms with Crippen molar-refractivity contribution < 1.29 is 4.79 Å². The number of imidazole rings is 1. The molecule has 18 heavy (non-hydrogen) atoms. The monoisotopic (exact) mass is 244 g/mol. The number of benzene rings is 1.